The van der Waals surface area contributed by atoms with E-state index in [1.165, 1.54) is 0 Å². The third-order valence-corrected chi connectivity index (χ3v) is 17.8. The molecule has 11 heterocycles. The number of aliphatic hydroxyl groups is 1. The molecule has 11 aliphatic heterocycles. The average Bonchev–Trinajstić information content (AvgIpc) is 3.43. The first-order valence-corrected chi connectivity index (χ1v) is 24.4. The summed E-state index contributed by atoms with van der Waals surface area (Å²) < 4.78 is 75.6. The van der Waals surface area contributed by atoms with Gasteiger partial charge in [-0.2, -0.15) is 0 Å². The highest BCUT2D eigenvalue weighted by atomic mass is 16.7. The minimum atomic E-state index is -0.911. The molecule has 9 saturated heterocycles. The van der Waals surface area contributed by atoms with E-state index in [4.69, 9.17) is 52.1 Å². The van der Waals surface area contributed by atoms with Gasteiger partial charge in [-0.25, -0.2) is 4.79 Å². The first kappa shape index (κ1) is 44.4. The number of carbonyl (C=O) groups excluding carboxylic acids is 2. The molecule has 0 radical (unpaired) electrons. The van der Waals surface area contributed by atoms with Crippen molar-refractivity contribution in [2.24, 2.45) is 5.92 Å². The number of fused-ring (bicyclic) bond motifs is 10. The number of esters is 1. The molecule has 354 valence electrons. The van der Waals surface area contributed by atoms with Gasteiger partial charge < -0.3 is 57.2 Å². The third-order valence-electron chi connectivity index (χ3n) is 17.8. The second-order valence-corrected chi connectivity index (χ2v) is 22.7. The predicted octanol–water partition coefficient (Wildman–Crippen LogP) is 5.47. The van der Waals surface area contributed by atoms with E-state index < -0.39 is 34.1 Å². The van der Waals surface area contributed by atoms with Crippen molar-refractivity contribution in [3.8, 4) is 0 Å². The van der Waals surface area contributed by atoms with E-state index in [9.17, 15) is 14.7 Å². The van der Waals surface area contributed by atoms with Crippen molar-refractivity contribution in [1.82, 2.24) is 0 Å². The summed E-state index contributed by atoms with van der Waals surface area (Å²) in [7, 11) is 0. The van der Waals surface area contributed by atoms with Gasteiger partial charge in [-0.05, 0) is 84.3 Å². The van der Waals surface area contributed by atoms with E-state index >= 15 is 0 Å². The van der Waals surface area contributed by atoms with Gasteiger partial charge in [0.05, 0.1) is 108 Å². The Balaban J connectivity index is 0.776. The molecule has 11 rings (SSSR count). The number of ether oxygens (including phenoxy) is 11. The zero-order chi connectivity index (χ0) is 44.7. The van der Waals surface area contributed by atoms with Crippen molar-refractivity contribution < 1.29 is 66.8 Å². The molecule has 64 heavy (non-hydrogen) atoms. The highest BCUT2D eigenvalue weighted by Crippen LogP contribution is 2.55. The SMILES string of the molecule is C=C(C=O)C[C@@H]1C[C@H](O)[C@]2(C)OC3CC4OC5C[C@]6(C)O[C@]7(C)CCC8OC9C[C@]%10(C)OC%11C(C)=CC(=O)OC%11CC%10OC9C[C@@H](C)C8OC7CC6O[C@@]5(C)C/C=C\C4OC3CC2O1. The summed E-state index contributed by atoms with van der Waals surface area (Å²) in [4.78, 5) is 23.6. The Morgan fingerprint density at radius 2 is 1.50 bits per heavy atom. The van der Waals surface area contributed by atoms with Crippen LogP contribution >= 0.6 is 0 Å². The van der Waals surface area contributed by atoms with Gasteiger partial charge in [0.2, 0.25) is 0 Å². The van der Waals surface area contributed by atoms with E-state index in [0.29, 0.717) is 63.4 Å². The summed E-state index contributed by atoms with van der Waals surface area (Å²) >= 11 is 0. The molecular weight excluding hydrogens is 825 g/mol. The predicted molar refractivity (Wildman–Crippen MR) is 228 cm³/mol. The van der Waals surface area contributed by atoms with Crippen LogP contribution in [0.1, 0.15) is 126 Å². The van der Waals surface area contributed by atoms with E-state index in [1.54, 1.807) is 6.08 Å². The topological polar surface area (TPSA) is 156 Å². The van der Waals surface area contributed by atoms with Crippen LogP contribution in [0, 0.1) is 5.92 Å². The third kappa shape index (κ3) is 7.38. The molecule has 0 amide bonds. The zero-order valence-electron chi connectivity index (χ0n) is 38.6. The Hall–Kier alpha value is -2.08. The van der Waals surface area contributed by atoms with Crippen LogP contribution in [-0.4, -0.2) is 149 Å². The van der Waals surface area contributed by atoms with Gasteiger partial charge in [0, 0.05) is 57.4 Å². The molecule has 14 nitrogen and oxygen atoms in total. The van der Waals surface area contributed by atoms with Crippen molar-refractivity contribution in [2.75, 3.05) is 0 Å². The maximum atomic E-state index is 12.3. The van der Waals surface area contributed by atoms with Gasteiger partial charge >= 0.3 is 5.97 Å². The maximum absolute atomic E-state index is 12.3. The zero-order valence-corrected chi connectivity index (χ0v) is 38.6. The highest BCUT2D eigenvalue weighted by Gasteiger charge is 2.64. The van der Waals surface area contributed by atoms with Gasteiger partial charge in [0.25, 0.3) is 0 Å². The van der Waals surface area contributed by atoms with Crippen LogP contribution in [0.3, 0.4) is 0 Å². The van der Waals surface area contributed by atoms with Crippen molar-refractivity contribution in [1.29, 1.82) is 0 Å². The Morgan fingerprint density at radius 3 is 2.31 bits per heavy atom. The number of aliphatic hydroxyl groups excluding tert-OH is 1. The normalized spacial score (nSPS) is 56.9. The lowest BCUT2D eigenvalue weighted by atomic mass is 9.72. The number of hydrogen-bond acceptors (Lipinski definition) is 14. The Bertz CT molecular complexity index is 1940. The van der Waals surface area contributed by atoms with Crippen molar-refractivity contribution in [3.05, 3.63) is 36.0 Å². The molecule has 0 saturated carbocycles. The van der Waals surface area contributed by atoms with E-state index in [-0.39, 0.29) is 110 Å². The molecule has 0 spiro atoms. The van der Waals surface area contributed by atoms with Crippen molar-refractivity contribution in [2.45, 2.75) is 257 Å². The maximum Gasteiger partial charge on any atom is 0.331 e. The van der Waals surface area contributed by atoms with Crippen molar-refractivity contribution >= 4 is 12.3 Å². The number of carbonyl (C=O) groups is 2. The number of rotatable bonds is 3. The Morgan fingerprint density at radius 1 is 0.734 bits per heavy atom. The molecule has 23 atom stereocenters. The van der Waals surface area contributed by atoms with Crippen LogP contribution in [0.2, 0.25) is 0 Å². The van der Waals surface area contributed by atoms with Crippen LogP contribution < -0.4 is 0 Å². The van der Waals surface area contributed by atoms with E-state index in [0.717, 1.165) is 31.1 Å². The van der Waals surface area contributed by atoms with Gasteiger partial charge in [-0.1, -0.05) is 25.7 Å². The summed E-state index contributed by atoms with van der Waals surface area (Å²) in [6, 6.07) is 0. The van der Waals surface area contributed by atoms with Crippen LogP contribution in [0.4, 0.5) is 0 Å². The quantitative estimate of drug-likeness (QED) is 0.165. The van der Waals surface area contributed by atoms with Crippen LogP contribution in [0.15, 0.2) is 36.0 Å². The van der Waals surface area contributed by atoms with E-state index in [2.05, 4.69) is 53.3 Å². The second-order valence-electron chi connectivity index (χ2n) is 22.7. The van der Waals surface area contributed by atoms with E-state index in [1.807, 2.05) is 13.8 Å². The molecule has 0 aromatic carbocycles. The standard InChI is InChI=1S/C50H70O14/c1-25(24-51)14-28-17-37(52)50(8)41(54-28)19-33-34(61-50)18-32-29(55-33)10-9-12-46(4)42(58-32)23-49(7)40(62-46)21-39-47(5,64-49)13-11-30-44(60-39)26(2)15-31-36(56-30)22-48(6)38(57-31)20-35-45(63-48)27(3)16-43(53)59-35/h9-10,16,24,26,28-42,44-45,52H,1,11-15,17-23H2,2-8H3/b10-9-/t26-,28-,29?,30?,31?,32?,33?,34?,35?,36?,37+,38?,39?,40?,41?,42?,44?,45?,46+,47-,48+,49+,50+/m1/s1. The first-order valence-electron chi connectivity index (χ1n) is 24.4. The monoisotopic (exact) mass is 894 g/mol. The molecule has 14 heteroatoms. The molecule has 11 aliphatic rings. The molecule has 1 N–H and O–H groups in total. The minimum Gasteiger partial charge on any atom is -0.456 e. The molecule has 0 aromatic heterocycles. The Labute approximate surface area is 377 Å². The number of aldehydes is 1. The molecular formula is C50H70O14. The van der Waals surface area contributed by atoms with Gasteiger partial charge in [0.15, 0.2) is 0 Å². The molecule has 9 fully saturated rings. The minimum absolute atomic E-state index is 0.116. The molecule has 0 bridgehead atoms. The fraction of sp³-hybridized carbons (Fsp3) is 0.840. The fourth-order valence-electron chi connectivity index (χ4n) is 14.0. The highest BCUT2D eigenvalue weighted by molar-refractivity contribution is 5.84. The Kier molecular flexibility index (Phi) is 10.9. The van der Waals surface area contributed by atoms with Crippen LogP contribution in [0.5, 0.6) is 0 Å². The summed E-state index contributed by atoms with van der Waals surface area (Å²) in [6.45, 7) is 18.7. The smallest absolute Gasteiger partial charge is 0.331 e. The molecule has 0 aliphatic carbocycles. The van der Waals surface area contributed by atoms with Crippen molar-refractivity contribution in [3.63, 3.8) is 0 Å². The largest absolute Gasteiger partial charge is 0.456 e. The lowest BCUT2D eigenvalue weighted by molar-refractivity contribution is -0.356. The first-order chi connectivity index (χ1) is 30.4. The summed E-state index contributed by atoms with van der Waals surface area (Å²) in [5.41, 5.74) is -1.96. The van der Waals surface area contributed by atoms with Crippen LogP contribution in [0.25, 0.3) is 0 Å². The lowest BCUT2D eigenvalue weighted by Gasteiger charge is -2.60. The fourth-order valence-corrected chi connectivity index (χ4v) is 14.0. The van der Waals surface area contributed by atoms with Gasteiger partial charge in [0.1, 0.15) is 30.2 Å². The van der Waals surface area contributed by atoms with Gasteiger partial charge in [-0.3, -0.25) is 4.79 Å². The summed E-state index contributed by atoms with van der Waals surface area (Å²) in [5, 5.41) is 11.4. The van der Waals surface area contributed by atoms with Gasteiger partial charge in [-0.15, -0.1) is 0 Å². The number of hydrogen-bond donors (Lipinski definition) is 1. The second kappa shape index (κ2) is 15.7. The van der Waals surface area contributed by atoms with Crippen LogP contribution in [-0.2, 0) is 61.7 Å². The lowest BCUT2D eigenvalue weighted by Crippen LogP contribution is -2.70. The molecule has 0 aromatic rings. The average molecular weight is 895 g/mol. The summed E-state index contributed by atoms with van der Waals surface area (Å²) in [6.07, 6.45) is 9.57. The summed E-state index contributed by atoms with van der Waals surface area (Å²) in [5.74, 6) is -0.146. The molecule has 15 unspecified atom stereocenters.